The van der Waals surface area contributed by atoms with Gasteiger partial charge in [-0.05, 0) is 74.5 Å². The summed E-state index contributed by atoms with van der Waals surface area (Å²) in [5.41, 5.74) is 2.07. The van der Waals surface area contributed by atoms with Gasteiger partial charge in [0.15, 0.2) is 18.0 Å². The maximum absolute atomic E-state index is 12.9. The number of benzene rings is 1. The summed E-state index contributed by atoms with van der Waals surface area (Å²) >= 11 is 5.99. The van der Waals surface area contributed by atoms with Crippen molar-refractivity contribution < 1.29 is 27.4 Å². The summed E-state index contributed by atoms with van der Waals surface area (Å²) in [6.07, 6.45) is 0.801. The normalized spacial score (nSPS) is 19.2. The van der Waals surface area contributed by atoms with Crippen LogP contribution in [0.15, 0.2) is 30.5 Å². The van der Waals surface area contributed by atoms with E-state index in [-0.39, 0.29) is 10.8 Å². The summed E-state index contributed by atoms with van der Waals surface area (Å²) in [4.78, 5) is 26.6. The van der Waals surface area contributed by atoms with Gasteiger partial charge >= 0.3 is 6.18 Å². The van der Waals surface area contributed by atoms with E-state index < -0.39 is 17.8 Å². The number of H-pyrrole nitrogens is 1. The maximum atomic E-state index is 12.9. The van der Waals surface area contributed by atoms with Crippen LogP contribution in [0.5, 0.6) is 5.75 Å². The SMILES string of the molecule is O=C[C@H](CN1CCC(c2ccnc3nc(C4CCOCC4)[nH]c23)CC1)Oc1ccc(C(F)(F)F)cc1Cl. The molecule has 1 aromatic carbocycles. The molecule has 0 aliphatic carbocycles. The van der Waals surface area contributed by atoms with E-state index in [0.29, 0.717) is 24.7 Å². The van der Waals surface area contributed by atoms with Gasteiger partial charge in [-0.25, -0.2) is 9.97 Å². The zero-order valence-electron chi connectivity index (χ0n) is 20.1. The van der Waals surface area contributed by atoms with E-state index in [1.165, 1.54) is 5.56 Å². The van der Waals surface area contributed by atoms with Crippen LogP contribution in [0.25, 0.3) is 11.2 Å². The lowest BCUT2D eigenvalue weighted by Crippen LogP contribution is -2.41. The number of likely N-dealkylation sites (tertiary alicyclic amines) is 1. The topological polar surface area (TPSA) is 80.3 Å². The molecule has 2 aromatic heterocycles. The summed E-state index contributed by atoms with van der Waals surface area (Å²) in [6.45, 7) is 3.33. The Bertz CT molecular complexity index is 1240. The van der Waals surface area contributed by atoms with Gasteiger partial charge in [-0.2, -0.15) is 13.2 Å². The Morgan fingerprint density at radius 1 is 1.16 bits per heavy atom. The zero-order valence-corrected chi connectivity index (χ0v) is 20.9. The lowest BCUT2D eigenvalue weighted by atomic mass is 9.89. The Labute approximate surface area is 217 Å². The third kappa shape index (κ3) is 5.91. The second-order valence-electron chi connectivity index (χ2n) is 9.62. The Kier molecular flexibility index (Phi) is 7.69. The van der Waals surface area contributed by atoms with Crippen LogP contribution in [-0.2, 0) is 15.7 Å². The quantitative estimate of drug-likeness (QED) is 0.410. The largest absolute Gasteiger partial charge is 0.480 e. The number of halogens is 4. The molecule has 1 atom stereocenters. The molecule has 11 heteroatoms. The van der Waals surface area contributed by atoms with E-state index in [4.69, 9.17) is 26.1 Å². The fraction of sp³-hybridized carbons (Fsp3) is 0.500. The summed E-state index contributed by atoms with van der Waals surface area (Å²) in [6, 6.07) is 4.91. The number of hydrogen-bond donors (Lipinski definition) is 1. The standard InChI is InChI=1S/C26H28ClF3N4O3/c27-21-13-18(26(28,29)30)1-2-22(21)37-19(15-35)14-34-9-4-16(5-10-34)20-3-8-31-25-23(20)32-24(33-25)17-6-11-36-12-7-17/h1-3,8,13,15-17,19H,4-7,9-12,14H2,(H,31,32,33)/t19-/m0/s1. The lowest BCUT2D eigenvalue weighted by Gasteiger charge is -2.33. The van der Waals surface area contributed by atoms with Crippen molar-refractivity contribution in [1.29, 1.82) is 0 Å². The fourth-order valence-corrected chi connectivity index (χ4v) is 5.40. The molecule has 2 aliphatic heterocycles. The van der Waals surface area contributed by atoms with Crippen molar-refractivity contribution >= 4 is 29.1 Å². The molecule has 0 bridgehead atoms. The third-order valence-corrected chi connectivity index (χ3v) is 7.50. The molecule has 0 spiro atoms. The van der Waals surface area contributed by atoms with Gasteiger partial charge in [0, 0.05) is 31.9 Å². The molecule has 0 amide bonds. The van der Waals surface area contributed by atoms with Crippen LogP contribution in [0.2, 0.25) is 5.02 Å². The zero-order chi connectivity index (χ0) is 26.0. The minimum absolute atomic E-state index is 0.0559. The highest BCUT2D eigenvalue weighted by molar-refractivity contribution is 6.32. The van der Waals surface area contributed by atoms with Crippen LogP contribution in [-0.4, -0.2) is 65.1 Å². The number of nitrogens with zero attached hydrogens (tertiary/aromatic N) is 3. The van der Waals surface area contributed by atoms with E-state index in [9.17, 15) is 18.0 Å². The molecule has 1 N–H and O–H groups in total. The molecule has 0 radical (unpaired) electrons. The number of alkyl halides is 3. The van der Waals surface area contributed by atoms with Crippen molar-refractivity contribution in [3.05, 3.63) is 52.4 Å². The van der Waals surface area contributed by atoms with Crippen molar-refractivity contribution in [2.75, 3.05) is 32.8 Å². The first kappa shape index (κ1) is 25.9. The number of aldehydes is 1. The number of aromatic amines is 1. The number of imidazole rings is 1. The van der Waals surface area contributed by atoms with Crippen LogP contribution in [0.1, 0.15) is 54.5 Å². The Hall–Kier alpha value is -2.69. The average molecular weight is 537 g/mol. The van der Waals surface area contributed by atoms with E-state index >= 15 is 0 Å². The Morgan fingerprint density at radius 3 is 2.59 bits per heavy atom. The fourth-order valence-electron chi connectivity index (χ4n) is 5.18. The van der Waals surface area contributed by atoms with E-state index in [1.54, 1.807) is 0 Å². The number of nitrogens with one attached hydrogen (secondary N) is 1. The minimum Gasteiger partial charge on any atom is -0.480 e. The number of piperidine rings is 1. The van der Waals surface area contributed by atoms with Gasteiger partial charge in [-0.3, -0.25) is 9.69 Å². The van der Waals surface area contributed by atoms with Gasteiger partial charge in [0.1, 0.15) is 11.6 Å². The van der Waals surface area contributed by atoms with Crippen molar-refractivity contribution in [3.8, 4) is 5.75 Å². The molecule has 37 heavy (non-hydrogen) atoms. The van der Waals surface area contributed by atoms with Crippen LogP contribution in [0, 0.1) is 0 Å². The molecule has 0 unspecified atom stereocenters. The second kappa shape index (κ2) is 11.0. The van der Waals surface area contributed by atoms with Crippen molar-refractivity contribution in [3.63, 3.8) is 0 Å². The van der Waals surface area contributed by atoms with Crippen molar-refractivity contribution in [2.24, 2.45) is 0 Å². The number of carbonyl (C=O) groups is 1. The number of hydrogen-bond acceptors (Lipinski definition) is 6. The first-order valence-corrected chi connectivity index (χ1v) is 12.8. The highest BCUT2D eigenvalue weighted by Gasteiger charge is 2.32. The maximum Gasteiger partial charge on any atom is 0.416 e. The van der Waals surface area contributed by atoms with Gasteiger partial charge in [-0.15, -0.1) is 0 Å². The molecule has 5 rings (SSSR count). The molecule has 2 aliphatic rings. The number of rotatable bonds is 7. The Morgan fingerprint density at radius 2 is 1.92 bits per heavy atom. The first-order chi connectivity index (χ1) is 17.8. The molecule has 3 aromatic rings. The molecular weight excluding hydrogens is 509 g/mol. The van der Waals surface area contributed by atoms with E-state index in [0.717, 1.165) is 87.2 Å². The molecule has 0 saturated carbocycles. The minimum atomic E-state index is -4.50. The molecule has 7 nitrogen and oxygen atoms in total. The van der Waals surface area contributed by atoms with E-state index in [1.807, 2.05) is 6.20 Å². The van der Waals surface area contributed by atoms with Crippen LogP contribution in [0.3, 0.4) is 0 Å². The molecule has 198 valence electrons. The predicted octanol–water partition coefficient (Wildman–Crippen LogP) is 5.35. The average Bonchev–Trinajstić information content (AvgIpc) is 3.34. The monoisotopic (exact) mass is 536 g/mol. The van der Waals surface area contributed by atoms with Crippen LogP contribution in [0.4, 0.5) is 13.2 Å². The number of aromatic nitrogens is 3. The first-order valence-electron chi connectivity index (χ1n) is 12.4. The predicted molar refractivity (Wildman–Crippen MR) is 132 cm³/mol. The van der Waals surface area contributed by atoms with Gasteiger partial charge in [0.25, 0.3) is 0 Å². The second-order valence-corrected chi connectivity index (χ2v) is 10.0. The van der Waals surface area contributed by atoms with E-state index in [2.05, 4.69) is 20.9 Å². The smallest absolute Gasteiger partial charge is 0.416 e. The lowest BCUT2D eigenvalue weighted by molar-refractivity contribution is -0.137. The Balaban J connectivity index is 1.21. The molecule has 4 heterocycles. The third-order valence-electron chi connectivity index (χ3n) is 7.21. The van der Waals surface area contributed by atoms with Crippen LogP contribution < -0.4 is 4.74 Å². The van der Waals surface area contributed by atoms with Gasteiger partial charge in [0.05, 0.1) is 16.1 Å². The van der Waals surface area contributed by atoms with Crippen molar-refractivity contribution in [1.82, 2.24) is 19.9 Å². The van der Waals surface area contributed by atoms with Gasteiger partial charge < -0.3 is 14.5 Å². The van der Waals surface area contributed by atoms with Gasteiger partial charge in [-0.1, -0.05) is 11.6 Å². The molecular formula is C26H28ClF3N4O3. The highest BCUT2D eigenvalue weighted by atomic mass is 35.5. The molecule has 2 fully saturated rings. The van der Waals surface area contributed by atoms with Crippen molar-refractivity contribution in [2.45, 2.75) is 49.8 Å². The number of fused-ring (bicyclic) bond motifs is 1. The summed E-state index contributed by atoms with van der Waals surface area (Å²) < 4.78 is 49.8. The number of ether oxygens (including phenoxy) is 2. The number of carbonyl (C=O) groups excluding carboxylic acids is 1. The number of pyridine rings is 1. The summed E-state index contributed by atoms with van der Waals surface area (Å²) in [5, 5.41) is -0.179. The highest BCUT2D eigenvalue weighted by Crippen LogP contribution is 2.36. The molecule has 2 saturated heterocycles. The summed E-state index contributed by atoms with van der Waals surface area (Å²) in [7, 11) is 0. The van der Waals surface area contributed by atoms with Crippen LogP contribution >= 0.6 is 11.6 Å². The summed E-state index contributed by atoms with van der Waals surface area (Å²) in [5.74, 6) is 1.71. The van der Waals surface area contributed by atoms with Gasteiger partial charge in [0.2, 0.25) is 0 Å².